The van der Waals surface area contributed by atoms with Gasteiger partial charge >= 0.3 is 6.09 Å². The summed E-state index contributed by atoms with van der Waals surface area (Å²) in [7, 11) is 0. The summed E-state index contributed by atoms with van der Waals surface area (Å²) in [5.74, 6) is -0.281. The van der Waals surface area contributed by atoms with Crippen LogP contribution in [0.1, 0.15) is 18.5 Å². The Balaban J connectivity index is 2.24. The molecule has 1 aromatic carbocycles. The average molecular weight is 205 g/mol. The molecule has 0 aliphatic carbocycles. The lowest BCUT2D eigenvalue weighted by atomic mass is 10.1. The van der Waals surface area contributed by atoms with E-state index < -0.39 is 6.09 Å². The lowest BCUT2D eigenvalue weighted by Gasteiger charge is -2.19. The predicted octanol–water partition coefficient (Wildman–Crippen LogP) is 1.73. The molecule has 1 saturated heterocycles. The summed E-state index contributed by atoms with van der Waals surface area (Å²) in [5, 5.41) is 0. The lowest BCUT2D eigenvalue weighted by Crippen LogP contribution is -2.31. The van der Waals surface area contributed by atoms with Gasteiger partial charge in [-0.3, -0.25) is 4.79 Å². The van der Waals surface area contributed by atoms with Gasteiger partial charge in [0.1, 0.15) is 0 Å². The van der Waals surface area contributed by atoms with Crippen molar-refractivity contribution in [2.75, 3.05) is 6.61 Å². The lowest BCUT2D eigenvalue weighted by molar-refractivity contribution is -0.127. The van der Waals surface area contributed by atoms with Crippen molar-refractivity contribution in [1.29, 1.82) is 0 Å². The van der Waals surface area contributed by atoms with Gasteiger partial charge in [-0.2, -0.15) is 0 Å². The number of nitrogens with zero attached hydrogens (tertiary/aromatic N) is 1. The first-order chi connectivity index (χ1) is 7.20. The van der Waals surface area contributed by atoms with Crippen LogP contribution in [0.2, 0.25) is 0 Å². The third-order valence-corrected chi connectivity index (χ3v) is 2.45. The van der Waals surface area contributed by atoms with Gasteiger partial charge < -0.3 is 4.74 Å². The molecular weight excluding hydrogens is 194 g/mol. The number of amides is 2. The molecule has 0 N–H and O–H groups in total. The molecule has 0 radical (unpaired) electrons. The van der Waals surface area contributed by atoms with Gasteiger partial charge in [-0.05, 0) is 12.5 Å². The van der Waals surface area contributed by atoms with E-state index in [1.807, 2.05) is 30.3 Å². The smallest absolute Gasteiger partial charge is 0.417 e. The minimum Gasteiger partial charge on any atom is -0.439 e. The van der Waals surface area contributed by atoms with Crippen LogP contribution in [0, 0.1) is 0 Å². The van der Waals surface area contributed by atoms with Crippen LogP contribution in [0.4, 0.5) is 4.79 Å². The zero-order valence-corrected chi connectivity index (χ0v) is 8.34. The molecular formula is C11H11NO3. The van der Waals surface area contributed by atoms with Crippen molar-refractivity contribution < 1.29 is 14.3 Å². The Labute approximate surface area is 87.4 Å². The minimum atomic E-state index is -0.559. The largest absolute Gasteiger partial charge is 0.439 e. The second kappa shape index (κ2) is 3.73. The third kappa shape index (κ3) is 1.70. The number of hydrogen-bond donors (Lipinski definition) is 0. The van der Waals surface area contributed by atoms with Crippen molar-refractivity contribution in [1.82, 2.24) is 4.90 Å². The van der Waals surface area contributed by atoms with Gasteiger partial charge in [-0.25, -0.2) is 9.69 Å². The van der Waals surface area contributed by atoms with Crippen molar-refractivity contribution in [2.45, 2.75) is 13.0 Å². The quantitative estimate of drug-likeness (QED) is 0.738. The Morgan fingerprint density at radius 1 is 1.27 bits per heavy atom. The van der Waals surface area contributed by atoms with Crippen molar-refractivity contribution in [3.8, 4) is 0 Å². The second-order valence-electron chi connectivity index (χ2n) is 3.40. The monoisotopic (exact) mass is 205 g/mol. The Morgan fingerprint density at radius 2 is 1.93 bits per heavy atom. The summed E-state index contributed by atoms with van der Waals surface area (Å²) in [6.07, 6.45) is -0.559. The fourth-order valence-corrected chi connectivity index (χ4v) is 1.62. The maximum Gasteiger partial charge on any atom is 0.417 e. The molecule has 0 bridgehead atoms. The van der Waals surface area contributed by atoms with Gasteiger partial charge in [0, 0.05) is 0 Å². The van der Waals surface area contributed by atoms with Crippen LogP contribution in [0.15, 0.2) is 30.3 Å². The van der Waals surface area contributed by atoms with Crippen LogP contribution in [0.25, 0.3) is 0 Å². The molecule has 1 aromatic rings. The van der Waals surface area contributed by atoms with E-state index in [9.17, 15) is 9.59 Å². The minimum absolute atomic E-state index is 0.143. The molecule has 2 rings (SSSR count). The van der Waals surface area contributed by atoms with Gasteiger partial charge in [0.2, 0.25) is 0 Å². The SMILES string of the molecule is CC(c1ccccc1)N1C(=O)COC1=O. The second-order valence-corrected chi connectivity index (χ2v) is 3.40. The average Bonchev–Trinajstić information content (AvgIpc) is 2.59. The summed E-state index contributed by atoms with van der Waals surface area (Å²) in [6, 6.07) is 9.12. The molecule has 15 heavy (non-hydrogen) atoms. The molecule has 1 aliphatic rings. The molecule has 1 fully saturated rings. The number of imide groups is 1. The van der Waals surface area contributed by atoms with Crippen molar-refractivity contribution in [3.05, 3.63) is 35.9 Å². The topological polar surface area (TPSA) is 46.6 Å². The van der Waals surface area contributed by atoms with Crippen LogP contribution >= 0.6 is 0 Å². The number of carbonyl (C=O) groups excluding carboxylic acids is 2. The van der Waals surface area contributed by atoms with Gasteiger partial charge in [0.05, 0.1) is 6.04 Å². The highest BCUT2D eigenvalue weighted by atomic mass is 16.6. The molecule has 2 amide bonds. The number of ether oxygens (including phenoxy) is 1. The molecule has 1 aliphatic heterocycles. The first kappa shape index (κ1) is 9.71. The molecule has 4 heteroatoms. The fourth-order valence-electron chi connectivity index (χ4n) is 1.62. The van der Waals surface area contributed by atoms with E-state index in [-0.39, 0.29) is 18.6 Å². The summed E-state index contributed by atoms with van der Waals surface area (Å²) in [4.78, 5) is 23.8. The van der Waals surface area contributed by atoms with E-state index in [0.29, 0.717) is 0 Å². The van der Waals surface area contributed by atoms with E-state index in [0.717, 1.165) is 10.5 Å². The van der Waals surface area contributed by atoms with Crippen LogP contribution < -0.4 is 0 Å². The first-order valence-electron chi connectivity index (χ1n) is 4.74. The van der Waals surface area contributed by atoms with Crippen molar-refractivity contribution in [2.24, 2.45) is 0 Å². The standard InChI is InChI=1S/C11H11NO3/c1-8(9-5-3-2-4-6-9)12-10(13)7-15-11(12)14/h2-6,8H,7H2,1H3. The van der Waals surface area contributed by atoms with Crippen LogP contribution in [-0.2, 0) is 9.53 Å². The summed E-state index contributed by atoms with van der Waals surface area (Å²) < 4.78 is 4.66. The molecule has 4 nitrogen and oxygen atoms in total. The molecule has 0 aromatic heterocycles. The van der Waals surface area contributed by atoms with Crippen LogP contribution in [0.5, 0.6) is 0 Å². The van der Waals surface area contributed by atoms with Gasteiger partial charge in [-0.1, -0.05) is 30.3 Å². The highest BCUT2D eigenvalue weighted by Crippen LogP contribution is 2.23. The molecule has 1 atom stereocenters. The Kier molecular flexibility index (Phi) is 2.41. The predicted molar refractivity (Wildman–Crippen MR) is 53.1 cm³/mol. The van der Waals surface area contributed by atoms with E-state index >= 15 is 0 Å². The van der Waals surface area contributed by atoms with Gasteiger partial charge in [0.25, 0.3) is 5.91 Å². The molecule has 1 unspecified atom stereocenters. The van der Waals surface area contributed by atoms with Gasteiger partial charge in [0.15, 0.2) is 6.61 Å². The third-order valence-electron chi connectivity index (χ3n) is 2.45. The molecule has 78 valence electrons. The Hall–Kier alpha value is -1.84. The number of cyclic esters (lactones) is 1. The van der Waals surface area contributed by atoms with E-state index in [2.05, 4.69) is 4.74 Å². The number of rotatable bonds is 2. The van der Waals surface area contributed by atoms with E-state index in [1.165, 1.54) is 0 Å². The molecule has 1 heterocycles. The fraction of sp³-hybridized carbons (Fsp3) is 0.273. The maximum absolute atomic E-state index is 11.4. The summed E-state index contributed by atoms with van der Waals surface area (Å²) in [5.41, 5.74) is 0.921. The van der Waals surface area contributed by atoms with Gasteiger partial charge in [-0.15, -0.1) is 0 Å². The molecule has 0 spiro atoms. The van der Waals surface area contributed by atoms with Crippen LogP contribution in [0.3, 0.4) is 0 Å². The highest BCUT2D eigenvalue weighted by Gasteiger charge is 2.35. The summed E-state index contributed by atoms with van der Waals surface area (Å²) in [6.45, 7) is 1.66. The normalized spacial score (nSPS) is 17.8. The first-order valence-corrected chi connectivity index (χ1v) is 4.74. The highest BCUT2D eigenvalue weighted by molar-refractivity contribution is 5.98. The van der Waals surface area contributed by atoms with E-state index in [4.69, 9.17) is 0 Å². The Morgan fingerprint density at radius 3 is 2.47 bits per heavy atom. The number of hydrogen-bond acceptors (Lipinski definition) is 3. The van der Waals surface area contributed by atoms with Crippen molar-refractivity contribution >= 4 is 12.0 Å². The van der Waals surface area contributed by atoms with Crippen molar-refractivity contribution in [3.63, 3.8) is 0 Å². The number of carbonyl (C=O) groups is 2. The maximum atomic E-state index is 11.4. The van der Waals surface area contributed by atoms with E-state index in [1.54, 1.807) is 6.92 Å². The summed E-state index contributed by atoms with van der Waals surface area (Å²) >= 11 is 0. The zero-order valence-electron chi connectivity index (χ0n) is 8.34. The Bertz CT molecular complexity index is 372. The zero-order chi connectivity index (χ0) is 10.8. The number of benzene rings is 1. The molecule has 0 saturated carbocycles. The van der Waals surface area contributed by atoms with Crippen LogP contribution in [-0.4, -0.2) is 23.5 Å².